The molecule has 0 unspecified atom stereocenters. The van der Waals surface area contributed by atoms with E-state index < -0.39 is 0 Å². The lowest BCUT2D eigenvalue weighted by molar-refractivity contribution is 1.12. The Morgan fingerprint density at radius 3 is 1.43 bits per heavy atom. The van der Waals surface area contributed by atoms with Gasteiger partial charge in [0.1, 0.15) is 0 Å². The molecule has 0 atom stereocenters. The van der Waals surface area contributed by atoms with Crippen LogP contribution in [0.4, 0.5) is 0 Å². The van der Waals surface area contributed by atoms with Gasteiger partial charge in [-0.15, -0.1) is 0 Å². The highest BCUT2D eigenvalue weighted by Crippen LogP contribution is 1.94. The molecule has 84 valence electrons. The number of aromatic nitrogens is 1. The van der Waals surface area contributed by atoms with Crippen LogP contribution in [0.2, 0.25) is 0 Å². The van der Waals surface area contributed by atoms with E-state index >= 15 is 0 Å². The molecule has 1 aromatic rings. The van der Waals surface area contributed by atoms with Crippen LogP contribution in [0.25, 0.3) is 0 Å². The van der Waals surface area contributed by atoms with Gasteiger partial charge in [0, 0.05) is 12.4 Å². The Morgan fingerprint density at radius 1 is 0.857 bits per heavy atom. The van der Waals surface area contributed by atoms with E-state index in [1.807, 2.05) is 66.1 Å². The van der Waals surface area contributed by atoms with Crippen LogP contribution in [0.3, 0.4) is 0 Å². The summed E-state index contributed by atoms with van der Waals surface area (Å²) in [6, 6.07) is 4.06. The lowest BCUT2D eigenvalue weighted by atomic mass is 10.2. The maximum Gasteiger partial charge on any atom is 0.0270 e. The molecule has 0 spiro atoms. The lowest BCUT2D eigenvalue weighted by Gasteiger charge is -1.89. The maximum atomic E-state index is 3.89. The highest BCUT2D eigenvalue weighted by atomic mass is 14.6. The normalized spacial score (nSPS) is 6.50. The van der Waals surface area contributed by atoms with Crippen LogP contribution in [0.5, 0.6) is 0 Å². The molecular formula is C13H27N. The second-order valence-corrected chi connectivity index (χ2v) is 1.71. The Kier molecular flexibility index (Phi) is 30.6. The van der Waals surface area contributed by atoms with E-state index in [-0.39, 0.29) is 0 Å². The zero-order valence-electron chi connectivity index (χ0n) is 11.0. The summed E-state index contributed by atoms with van der Waals surface area (Å²) in [5.41, 5.74) is 1.35. The molecule has 0 radical (unpaired) electrons. The van der Waals surface area contributed by atoms with Crippen molar-refractivity contribution in [3.8, 4) is 0 Å². The lowest BCUT2D eigenvalue weighted by Crippen LogP contribution is -1.76. The summed E-state index contributed by atoms with van der Waals surface area (Å²) in [5.74, 6) is 0. The molecule has 0 N–H and O–H groups in total. The predicted octanol–water partition coefficient (Wildman–Crippen LogP) is 4.72. The number of nitrogens with zero attached hydrogens (tertiary/aromatic N) is 1. The van der Waals surface area contributed by atoms with Crippen molar-refractivity contribution in [3.63, 3.8) is 0 Å². The summed E-state index contributed by atoms with van der Waals surface area (Å²) in [7, 11) is 0. The molecule has 0 aliphatic heterocycles. The van der Waals surface area contributed by atoms with Gasteiger partial charge in [0.05, 0.1) is 0 Å². The van der Waals surface area contributed by atoms with Crippen molar-refractivity contribution in [2.75, 3.05) is 0 Å². The van der Waals surface area contributed by atoms with Crippen molar-refractivity contribution in [3.05, 3.63) is 30.1 Å². The first-order valence-corrected chi connectivity index (χ1v) is 5.82. The summed E-state index contributed by atoms with van der Waals surface area (Å²) in [4.78, 5) is 3.89. The third kappa shape index (κ3) is 13.7. The topological polar surface area (TPSA) is 12.9 Å². The van der Waals surface area contributed by atoms with Crippen molar-refractivity contribution in [1.82, 2.24) is 4.98 Å². The van der Waals surface area contributed by atoms with E-state index in [1.165, 1.54) is 5.56 Å². The minimum absolute atomic E-state index is 1.10. The first-order chi connectivity index (χ1) is 6.93. The zero-order valence-corrected chi connectivity index (χ0v) is 11.0. The summed E-state index contributed by atoms with van der Waals surface area (Å²) < 4.78 is 0. The van der Waals surface area contributed by atoms with Gasteiger partial charge in [0.2, 0.25) is 0 Å². The first-order valence-electron chi connectivity index (χ1n) is 5.82. The summed E-state index contributed by atoms with van der Waals surface area (Å²) >= 11 is 0. The van der Waals surface area contributed by atoms with Crippen molar-refractivity contribution >= 4 is 0 Å². The highest BCUT2D eigenvalue weighted by Gasteiger charge is 1.80. The van der Waals surface area contributed by atoms with E-state index in [9.17, 15) is 0 Å². The Bertz CT molecular complexity index is 147. The van der Waals surface area contributed by atoms with Crippen LogP contribution in [0, 0.1) is 0 Å². The van der Waals surface area contributed by atoms with E-state index in [4.69, 9.17) is 0 Å². The molecule has 0 bridgehead atoms. The van der Waals surface area contributed by atoms with Gasteiger partial charge in [-0.3, -0.25) is 4.98 Å². The molecule has 0 aliphatic rings. The zero-order chi connectivity index (χ0) is 11.8. The molecule has 0 aliphatic carbocycles. The van der Waals surface area contributed by atoms with Crippen molar-refractivity contribution in [1.29, 1.82) is 0 Å². The van der Waals surface area contributed by atoms with Gasteiger partial charge >= 0.3 is 0 Å². The van der Waals surface area contributed by atoms with Crippen LogP contribution >= 0.6 is 0 Å². The monoisotopic (exact) mass is 197 g/mol. The fraction of sp³-hybridized carbons (Fsp3) is 0.615. The van der Waals surface area contributed by atoms with Gasteiger partial charge in [0.15, 0.2) is 0 Å². The van der Waals surface area contributed by atoms with Crippen molar-refractivity contribution in [2.24, 2.45) is 0 Å². The fourth-order valence-corrected chi connectivity index (χ4v) is 0.618. The molecule has 14 heavy (non-hydrogen) atoms. The van der Waals surface area contributed by atoms with E-state index in [0.717, 1.165) is 6.42 Å². The summed E-state index contributed by atoms with van der Waals surface area (Å²) in [5, 5.41) is 0. The molecule has 0 fully saturated rings. The van der Waals surface area contributed by atoms with Crippen LogP contribution < -0.4 is 0 Å². The molecule has 0 aromatic carbocycles. The third-order valence-electron chi connectivity index (χ3n) is 1.16. The minimum Gasteiger partial charge on any atom is -0.265 e. The average Bonchev–Trinajstić information content (AvgIpc) is 2.37. The molecule has 1 rings (SSSR count). The second-order valence-electron chi connectivity index (χ2n) is 1.71. The number of hydrogen-bond acceptors (Lipinski definition) is 1. The minimum atomic E-state index is 1.10. The number of hydrogen-bond donors (Lipinski definition) is 0. The highest BCUT2D eigenvalue weighted by molar-refractivity contribution is 5.08. The SMILES string of the molecule is CC.CC.CC.CCc1ccncc1. The van der Waals surface area contributed by atoms with E-state index in [2.05, 4.69) is 11.9 Å². The predicted molar refractivity (Wildman–Crippen MR) is 67.7 cm³/mol. The quantitative estimate of drug-likeness (QED) is 0.634. The Hall–Kier alpha value is -0.850. The van der Waals surface area contributed by atoms with E-state index in [0.29, 0.717) is 0 Å². The van der Waals surface area contributed by atoms with Gasteiger partial charge in [0.25, 0.3) is 0 Å². The van der Waals surface area contributed by atoms with Crippen molar-refractivity contribution in [2.45, 2.75) is 54.9 Å². The van der Waals surface area contributed by atoms with Gasteiger partial charge < -0.3 is 0 Å². The van der Waals surface area contributed by atoms with Crippen LogP contribution in [0.1, 0.15) is 54.0 Å². The van der Waals surface area contributed by atoms with Gasteiger partial charge in [-0.1, -0.05) is 48.5 Å². The molecule has 1 heteroatoms. The van der Waals surface area contributed by atoms with Crippen molar-refractivity contribution < 1.29 is 0 Å². The standard InChI is InChI=1S/C7H9N.3C2H6/c1-2-7-3-5-8-6-4-7;3*1-2/h3-6H,2H2,1H3;3*1-2H3. The third-order valence-corrected chi connectivity index (χ3v) is 1.16. The molecule has 1 nitrogen and oxygen atoms in total. The molecular weight excluding hydrogens is 170 g/mol. The maximum absolute atomic E-state index is 3.89. The smallest absolute Gasteiger partial charge is 0.0270 e. The van der Waals surface area contributed by atoms with Crippen LogP contribution in [-0.4, -0.2) is 4.98 Å². The number of pyridine rings is 1. The number of aryl methyl sites for hydroxylation is 1. The fourth-order valence-electron chi connectivity index (χ4n) is 0.618. The average molecular weight is 197 g/mol. The van der Waals surface area contributed by atoms with Gasteiger partial charge in [-0.25, -0.2) is 0 Å². The van der Waals surface area contributed by atoms with Gasteiger partial charge in [-0.2, -0.15) is 0 Å². The molecule has 0 saturated carbocycles. The molecule has 1 aromatic heterocycles. The van der Waals surface area contributed by atoms with E-state index in [1.54, 1.807) is 0 Å². The number of rotatable bonds is 1. The Labute approximate surface area is 90.6 Å². The Morgan fingerprint density at radius 2 is 1.21 bits per heavy atom. The van der Waals surface area contributed by atoms with Crippen LogP contribution in [-0.2, 0) is 6.42 Å². The van der Waals surface area contributed by atoms with Crippen LogP contribution in [0.15, 0.2) is 24.5 Å². The molecule has 0 amide bonds. The largest absolute Gasteiger partial charge is 0.265 e. The molecule has 0 saturated heterocycles. The summed E-state index contributed by atoms with van der Waals surface area (Å²) in [6.45, 7) is 14.1. The molecule has 1 heterocycles. The summed E-state index contributed by atoms with van der Waals surface area (Å²) in [6.07, 6.45) is 4.74. The Balaban J connectivity index is -0.000000174. The van der Waals surface area contributed by atoms with Gasteiger partial charge in [-0.05, 0) is 24.1 Å². The first kappa shape index (κ1) is 18.8. The second kappa shape index (κ2) is 22.7.